The van der Waals surface area contributed by atoms with E-state index in [-0.39, 0.29) is 10.8 Å². The van der Waals surface area contributed by atoms with Gasteiger partial charge in [-0.3, -0.25) is 9.52 Å². The van der Waals surface area contributed by atoms with Gasteiger partial charge in [-0.2, -0.15) is 0 Å². The number of unbranched alkanes of at least 4 members (excludes halogenated alkanes) is 1. The molecule has 26 heavy (non-hydrogen) atoms. The van der Waals surface area contributed by atoms with Crippen LogP contribution in [0.15, 0.2) is 47.4 Å². The van der Waals surface area contributed by atoms with Gasteiger partial charge in [0.2, 0.25) is 0 Å². The van der Waals surface area contributed by atoms with Crippen molar-refractivity contribution < 1.29 is 13.2 Å². The maximum Gasteiger partial charge on any atom is 0.261 e. The van der Waals surface area contributed by atoms with Gasteiger partial charge in [0.1, 0.15) is 0 Å². The van der Waals surface area contributed by atoms with Gasteiger partial charge in [0, 0.05) is 19.2 Å². The summed E-state index contributed by atoms with van der Waals surface area (Å²) in [5, 5.41) is 0. The quantitative estimate of drug-likeness (QED) is 0.797. The highest BCUT2D eigenvalue weighted by Gasteiger charge is 2.17. The van der Waals surface area contributed by atoms with Crippen LogP contribution >= 0.6 is 0 Å². The van der Waals surface area contributed by atoms with E-state index in [1.807, 2.05) is 26.0 Å². The molecule has 0 saturated carbocycles. The Kier molecular flexibility index (Phi) is 6.42. The molecular weight excluding hydrogens is 348 g/mol. The number of aryl methyl sites for hydroxylation is 1. The molecule has 2 aromatic carbocycles. The number of anilines is 1. The van der Waals surface area contributed by atoms with E-state index < -0.39 is 10.0 Å². The van der Waals surface area contributed by atoms with Gasteiger partial charge in [-0.15, -0.1) is 0 Å². The number of hydrogen-bond acceptors (Lipinski definition) is 3. The molecule has 2 rings (SSSR count). The number of nitrogens with zero attached hydrogens (tertiary/aromatic N) is 1. The lowest BCUT2D eigenvalue weighted by atomic mass is 10.1. The Morgan fingerprint density at radius 1 is 1.08 bits per heavy atom. The molecule has 0 fully saturated rings. The highest BCUT2D eigenvalue weighted by molar-refractivity contribution is 7.92. The summed E-state index contributed by atoms with van der Waals surface area (Å²) in [6, 6.07) is 11.5. The monoisotopic (exact) mass is 374 g/mol. The average molecular weight is 375 g/mol. The number of hydrogen-bond donors (Lipinski definition) is 1. The molecule has 0 spiro atoms. The standard InChI is InChI=1S/C20H26N2O3S/c1-5-6-14-22(4)20(23)17-10-12-18(13-11-17)26(24,25)21-19-9-7-8-15(2)16(19)3/h7-13,21H,5-6,14H2,1-4H3. The van der Waals surface area contributed by atoms with Crippen molar-refractivity contribution in [1.82, 2.24) is 4.90 Å². The molecule has 0 radical (unpaired) electrons. The minimum absolute atomic E-state index is 0.107. The zero-order valence-corrected chi connectivity index (χ0v) is 16.6. The Hall–Kier alpha value is -2.34. The van der Waals surface area contributed by atoms with Gasteiger partial charge in [-0.1, -0.05) is 25.5 Å². The SMILES string of the molecule is CCCCN(C)C(=O)c1ccc(S(=O)(=O)Nc2cccc(C)c2C)cc1. The van der Waals surface area contributed by atoms with Crippen LogP contribution in [-0.4, -0.2) is 32.8 Å². The van der Waals surface area contributed by atoms with Crippen LogP contribution in [0.2, 0.25) is 0 Å². The molecule has 6 heteroatoms. The highest BCUT2D eigenvalue weighted by atomic mass is 32.2. The highest BCUT2D eigenvalue weighted by Crippen LogP contribution is 2.22. The van der Waals surface area contributed by atoms with Crippen LogP contribution in [0.3, 0.4) is 0 Å². The first kappa shape index (κ1) is 20.0. The minimum Gasteiger partial charge on any atom is -0.342 e. The Bertz CT molecular complexity index is 874. The maximum atomic E-state index is 12.6. The molecule has 0 atom stereocenters. The fraction of sp³-hybridized carbons (Fsp3) is 0.350. The molecule has 0 unspecified atom stereocenters. The fourth-order valence-electron chi connectivity index (χ4n) is 2.56. The van der Waals surface area contributed by atoms with Gasteiger partial charge in [-0.05, 0) is 61.7 Å². The number of nitrogens with one attached hydrogen (secondary N) is 1. The lowest BCUT2D eigenvalue weighted by Gasteiger charge is -2.17. The number of rotatable bonds is 7. The van der Waals surface area contributed by atoms with Gasteiger partial charge >= 0.3 is 0 Å². The zero-order chi connectivity index (χ0) is 19.3. The summed E-state index contributed by atoms with van der Waals surface area (Å²) in [7, 11) is -1.95. The summed E-state index contributed by atoms with van der Waals surface area (Å²) >= 11 is 0. The summed E-state index contributed by atoms with van der Waals surface area (Å²) in [5.41, 5.74) is 2.94. The van der Waals surface area contributed by atoms with Crippen molar-refractivity contribution in [2.45, 2.75) is 38.5 Å². The van der Waals surface area contributed by atoms with Crippen molar-refractivity contribution >= 4 is 21.6 Å². The fourth-order valence-corrected chi connectivity index (χ4v) is 3.68. The lowest BCUT2D eigenvalue weighted by Crippen LogP contribution is -2.27. The summed E-state index contributed by atoms with van der Waals surface area (Å²) in [6.45, 7) is 6.56. The molecule has 0 aromatic heterocycles. The zero-order valence-electron chi connectivity index (χ0n) is 15.7. The van der Waals surface area contributed by atoms with Crippen molar-refractivity contribution in [3.05, 3.63) is 59.2 Å². The van der Waals surface area contributed by atoms with Crippen molar-refractivity contribution in [1.29, 1.82) is 0 Å². The molecule has 0 aliphatic heterocycles. The summed E-state index contributed by atoms with van der Waals surface area (Å²) in [4.78, 5) is 14.1. The number of amides is 1. The third kappa shape index (κ3) is 4.64. The van der Waals surface area contributed by atoms with Crippen molar-refractivity contribution in [3.63, 3.8) is 0 Å². The minimum atomic E-state index is -3.70. The Labute approximate surface area is 156 Å². The average Bonchev–Trinajstić information content (AvgIpc) is 2.63. The molecule has 0 heterocycles. The normalized spacial score (nSPS) is 11.2. The second-order valence-electron chi connectivity index (χ2n) is 6.46. The molecule has 1 N–H and O–H groups in total. The number of carbonyl (C=O) groups excluding carboxylic acids is 1. The maximum absolute atomic E-state index is 12.6. The second kappa shape index (κ2) is 8.36. The molecule has 0 saturated heterocycles. The molecule has 2 aromatic rings. The molecular formula is C20H26N2O3S. The van der Waals surface area contributed by atoms with E-state index >= 15 is 0 Å². The van der Waals surface area contributed by atoms with Gasteiger partial charge in [-0.25, -0.2) is 8.42 Å². The van der Waals surface area contributed by atoms with Crippen LogP contribution < -0.4 is 4.72 Å². The van der Waals surface area contributed by atoms with Crippen LogP contribution in [0.4, 0.5) is 5.69 Å². The van der Waals surface area contributed by atoms with Crippen LogP contribution in [0, 0.1) is 13.8 Å². The van der Waals surface area contributed by atoms with E-state index in [0.717, 1.165) is 24.0 Å². The van der Waals surface area contributed by atoms with E-state index in [2.05, 4.69) is 11.6 Å². The first-order valence-corrected chi connectivity index (χ1v) is 10.2. The van der Waals surface area contributed by atoms with Gasteiger partial charge in [0.15, 0.2) is 0 Å². The van der Waals surface area contributed by atoms with E-state index in [0.29, 0.717) is 17.8 Å². The Morgan fingerprint density at radius 3 is 2.35 bits per heavy atom. The Balaban J connectivity index is 2.18. The smallest absolute Gasteiger partial charge is 0.261 e. The van der Waals surface area contributed by atoms with Crippen LogP contribution in [0.1, 0.15) is 41.3 Å². The van der Waals surface area contributed by atoms with E-state index in [4.69, 9.17) is 0 Å². The summed E-state index contributed by atoms with van der Waals surface area (Å²) < 4.78 is 27.8. The van der Waals surface area contributed by atoms with Crippen LogP contribution in [-0.2, 0) is 10.0 Å². The predicted molar refractivity (Wildman–Crippen MR) is 105 cm³/mol. The van der Waals surface area contributed by atoms with Crippen molar-refractivity contribution in [2.24, 2.45) is 0 Å². The molecule has 0 bridgehead atoms. The van der Waals surface area contributed by atoms with Gasteiger partial charge in [0.05, 0.1) is 10.6 Å². The molecule has 1 amide bonds. The van der Waals surface area contributed by atoms with Gasteiger partial charge < -0.3 is 4.90 Å². The molecule has 0 aliphatic carbocycles. The van der Waals surface area contributed by atoms with Crippen LogP contribution in [0.5, 0.6) is 0 Å². The first-order chi connectivity index (χ1) is 12.3. The number of sulfonamides is 1. The van der Waals surface area contributed by atoms with E-state index in [1.165, 1.54) is 12.1 Å². The third-order valence-corrected chi connectivity index (χ3v) is 5.84. The lowest BCUT2D eigenvalue weighted by molar-refractivity contribution is 0.0793. The van der Waals surface area contributed by atoms with Crippen LogP contribution in [0.25, 0.3) is 0 Å². The molecule has 5 nitrogen and oxygen atoms in total. The molecule has 140 valence electrons. The Morgan fingerprint density at radius 2 is 1.73 bits per heavy atom. The van der Waals surface area contributed by atoms with E-state index in [9.17, 15) is 13.2 Å². The number of benzene rings is 2. The van der Waals surface area contributed by atoms with E-state index in [1.54, 1.807) is 30.1 Å². The second-order valence-corrected chi connectivity index (χ2v) is 8.14. The largest absolute Gasteiger partial charge is 0.342 e. The molecule has 0 aliphatic rings. The topological polar surface area (TPSA) is 66.5 Å². The third-order valence-electron chi connectivity index (χ3n) is 4.45. The number of carbonyl (C=O) groups is 1. The van der Waals surface area contributed by atoms with Gasteiger partial charge in [0.25, 0.3) is 15.9 Å². The predicted octanol–water partition coefficient (Wildman–Crippen LogP) is 3.98. The summed E-state index contributed by atoms with van der Waals surface area (Å²) in [6.07, 6.45) is 1.95. The van der Waals surface area contributed by atoms with Crippen molar-refractivity contribution in [2.75, 3.05) is 18.3 Å². The van der Waals surface area contributed by atoms with Crippen molar-refractivity contribution in [3.8, 4) is 0 Å². The summed E-state index contributed by atoms with van der Waals surface area (Å²) in [5.74, 6) is -0.107. The first-order valence-electron chi connectivity index (χ1n) is 8.71.